The van der Waals surface area contributed by atoms with Gasteiger partial charge in [-0.3, -0.25) is 4.90 Å². The fourth-order valence-corrected chi connectivity index (χ4v) is 2.13. The van der Waals surface area contributed by atoms with E-state index in [-0.39, 0.29) is 0 Å². The maximum Gasteiger partial charge on any atom is 0.121 e. The van der Waals surface area contributed by atoms with Gasteiger partial charge in [0.1, 0.15) is 5.82 Å². The number of H-pyrrole nitrogens is 1. The molecule has 0 atom stereocenters. The molecule has 0 amide bonds. The highest BCUT2D eigenvalue weighted by Gasteiger charge is 2.06. The molecule has 0 saturated carbocycles. The Kier molecular flexibility index (Phi) is 3.61. The fraction of sp³-hybridized carbons (Fsp3) is 0.417. The molecular formula is C12H16BrN3. The van der Waals surface area contributed by atoms with Crippen molar-refractivity contribution in [2.24, 2.45) is 0 Å². The Morgan fingerprint density at radius 2 is 2.06 bits per heavy atom. The summed E-state index contributed by atoms with van der Waals surface area (Å²) in [6.07, 6.45) is 0. The Labute approximate surface area is 104 Å². The van der Waals surface area contributed by atoms with E-state index in [2.05, 4.69) is 50.7 Å². The molecule has 0 bridgehead atoms. The molecule has 86 valence electrons. The Bertz CT molecular complexity index is 474. The van der Waals surface area contributed by atoms with Crippen molar-refractivity contribution in [3.05, 3.63) is 28.5 Å². The first-order valence-corrected chi connectivity index (χ1v) is 6.38. The molecule has 0 aliphatic rings. The van der Waals surface area contributed by atoms with Crippen molar-refractivity contribution < 1.29 is 0 Å². The minimum Gasteiger partial charge on any atom is -0.341 e. The van der Waals surface area contributed by atoms with Gasteiger partial charge in [0.25, 0.3) is 0 Å². The predicted molar refractivity (Wildman–Crippen MR) is 70.4 cm³/mol. The topological polar surface area (TPSA) is 31.9 Å². The zero-order valence-electron chi connectivity index (χ0n) is 9.63. The number of hydrogen-bond donors (Lipinski definition) is 1. The smallest absolute Gasteiger partial charge is 0.121 e. The molecule has 1 aromatic carbocycles. The summed E-state index contributed by atoms with van der Waals surface area (Å²) >= 11 is 3.46. The van der Waals surface area contributed by atoms with Gasteiger partial charge in [0.15, 0.2) is 0 Å². The second kappa shape index (κ2) is 4.97. The van der Waals surface area contributed by atoms with Crippen LogP contribution in [0.25, 0.3) is 11.0 Å². The molecule has 16 heavy (non-hydrogen) atoms. The van der Waals surface area contributed by atoms with E-state index >= 15 is 0 Å². The largest absolute Gasteiger partial charge is 0.341 e. The lowest BCUT2D eigenvalue weighted by Crippen LogP contribution is -2.22. The molecule has 0 aliphatic heterocycles. The Morgan fingerprint density at radius 1 is 1.31 bits per heavy atom. The highest BCUT2D eigenvalue weighted by molar-refractivity contribution is 9.10. The highest BCUT2D eigenvalue weighted by Crippen LogP contribution is 2.18. The van der Waals surface area contributed by atoms with Gasteiger partial charge in [-0.1, -0.05) is 29.8 Å². The number of nitrogens with zero attached hydrogens (tertiary/aromatic N) is 2. The summed E-state index contributed by atoms with van der Waals surface area (Å²) in [4.78, 5) is 10.3. The Hall–Kier alpha value is -0.870. The van der Waals surface area contributed by atoms with Crippen LogP contribution in [-0.2, 0) is 6.54 Å². The van der Waals surface area contributed by atoms with Crippen molar-refractivity contribution in [2.75, 3.05) is 13.1 Å². The van der Waals surface area contributed by atoms with E-state index < -0.39 is 0 Å². The average Bonchev–Trinajstić information content (AvgIpc) is 2.67. The summed E-state index contributed by atoms with van der Waals surface area (Å²) in [6, 6.07) is 6.11. The molecule has 2 rings (SSSR count). The molecule has 1 aromatic heterocycles. The van der Waals surface area contributed by atoms with E-state index in [1.165, 1.54) is 0 Å². The minimum absolute atomic E-state index is 0.888. The van der Waals surface area contributed by atoms with E-state index in [9.17, 15) is 0 Å². The molecular weight excluding hydrogens is 266 g/mol. The number of halogens is 1. The lowest BCUT2D eigenvalue weighted by Gasteiger charge is -2.15. The first-order valence-electron chi connectivity index (χ1n) is 5.59. The number of nitrogens with one attached hydrogen (secondary N) is 1. The van der Waals surface area contributed by atoms with Crippen LogP contribution < -0.4 is 0 Å². The quantitative estimate of drug-likeness (QED) is 0.934. The first-order chi connectivity index (χ1) is 7.72. The first kappa shape index (κ1) is 11.6. The third-order valence-corrected chi connectivity index (χ3v) is 3.25. The molecule has 0 radical (unpaired) electrons. The van der Waals surface area contributed by atoms with Gasteiger partial charge in [-0.05, 0) is 31.3 Å². The third kappa shape index (κ3) is 2.44. The van der Waals surface area contributed by atoms with Crippen LogP contribution in [0.15, 0.2) is 22.7 Å². The minimum atomic E-state index is 0.888. The van der Waals surface area contributed by atoms with Crippen LogP contribution in [0.2, 0.25) is 0 Å². The lowest BCUT2D eigenvalue weighted by atomic mass is 10.3. The summed E-state index contributed by atoms with van der Waals surface area (Å²) < 4.78 is 1.08. The Balaban J connectivity index is 2.25. The number of benzene rings is 1. The van der Waals surface area contributed by atoms with Crippen molar-refractivity contribution in [2.45, 2.75) is 20.4 Å². The molecule has 4 heteroatoms. The maximum atomic E-state index is 4.57. The van der Waals surface area contributed by atoms with Crippen LogP contribution >= 0.6 is 15.9 Å². The van der Waals surface area contributed by atoms with Crippen molar-refractivity contribution >= 4 is 27.0 Å². The summed E-state index contributed by atoms with van der Waals surface area (Å²) in [5, 5.41) is 0. The number of fused-ring (bicyclic) bond motifs is 1. The number of aromatic amines is 1. The van der Waals surface area contributed by atoms with Crippen molar-refractivity contribution in [1.29, 1.82) is 0 Å². The van der Waals surface area contributed by atoms with Crippen LogP contribution in [-0.4, -0.2) is 28.0 Å². The maximum absolute atomic E-state index is 4.57. The molecule has 3 nitrogen and oxygen atoms in total. The van der Waals surface area contributed by atoms with Crippen molar-refractivity contribution in [1.82, 2.24) is 14.9 Å². The summed E-state index contributed by atoms with van der Waals surface area (Å²) in [5.41, 5.74) is 2.13. The van der Waals surface area contributed by atoms with Crippen LogP contribution in [0.4, 0.5) is 0 Å². The zero-order chi connectivity index (χ0) is 11.5. The van der Waals surface area contributed by atoms with Gasteiger partial charge >= 0.3 is 0 Å². The van der Waals surface area contributed by atoms with Crippen molar-refractivity contribution in [3.63, 3.8) is 0 Å². The molecule has 1 heterocycles. The second-order valence-corrected chi connectivity index (χ2v) is 4.72. The van der Waals surface area contributed by atoms with E-state index in [0.717, 1.165) is 41.0 Å². The molecule has 2 aromatic rings. The zero-order valence-corrected chi connectivity index (χ0v) is 11.2. The standard InChI is InChI=1S/C12H16BrN3/c1-3-16(4-2)8-12-14-10-6-5-9(13)7-11(10)15-12/h5-7H,3-4,8H2,1-2H3,(H,14,15). The van der Waals surface area contributed by atoms with E-state index in [1.54, 1.807) is 0 Å². The van der Waals surface area contributed by atoms with Crippen molar-refractivity contribution in [3.8, 4) is 0 Å². The van der Waals surface area contributed by atoms with Gasteiger partial charge in [0, 0.05) is 4.47 Å². The lowest BCUT2D eigenvalue weighted by molar-refractivity contribution is 0.289. The number of hydrogen-bond acceptors (Lipinski definition) is 2. The monoisotopic (exact) mass is 281 g/mol. The molecule has 0 fully saturated rings. The Morgan fingerprint density at radius 3 is 2.75 bits per heavy atom. The summed E-state index contributed by atoms with van der Waals surface area (Å²) in [5.74, 6) is 1.04. The summed E-state index contributed by atoms with van der Waals surface area (Å²) in [7, 11) is 0. The highest BCUT2D eigenvalue weighted by atomic mass is 79.9. The van der Waals surface area contributed by atoms with E-state index in [0.29, 0.717) is 0 Å². The van der Waals surface area contributed by atoms with E-state index in [1.807, 2.05) is 12.1 Å². The summed E-state index contributed by atoms with van der Waals surface area (Å²) in [6.45, 7) is 7.33. The van der Waals surface area contributed by atoms with Crippen LogP contribution in [0.5, 0.6) is 0 Å². The SMILES string of the molecule is CCN(CC)Cc1nc2ccc(Br)cc2[nH]1. The molecule has 0 unspecified atom stereocenters. The molecule has 0 aliphatic carbocycles. The van der Waals surface area contributed by atoms with Gasteiger partial charge in [-0.25, -0.2) is 4.98 Å². The molecule has 0 saturated heterocycles. The van der Waals surface area contributed by atoms with Gasteiger partial charge in [-0.2, -0.15) is 0 Å². The fourth-order valence-electron chi connectivity index (χ4n) is 1.77. The van der Waals surface area contributed by atoms with Gasteiger partial charge < -0.3 is 4.98 Å². The van der Waals surface area contributed by atoms with Gasteiger partial charge in [0.2, 0.25) is 0 Å². The second-order valence-electron chi connectivity index (χ2n) is 3.81. The van der Waals surface area contributed by atoms with Crippen LogP contribution in [0.1, 0.15) is 19.7 Å². The average molecular weight is 282 g/mol. The molecule has 1 N–H and O–H groups in total. The van der Waals surface area contributed by atoms with E-state index in [4.69, 9.17) is 0 Å². The number of imidazole rings is 1. The predicted octanol–water partition coefficient (Wildman–Crippen LogP) is 3.17. The van der Waals surface area contributed by atoms with Crippen LogP contribution in [0, 0.1) is 0 Å². The molecule has 0 spiro atoms. The van der Waals surface area contributed by atoms with Gasteiger partial charge in [0.05, 0.1) is 17.6 Å². The normalized spacial score (nSPS) is 11.5. The van der Waals surface area contributed by atoms with Gasteiger partial charge in [-0.15, -0.1) is 0 Å². The number of aromatic nitrogens is 2. The third-order valence-electron chi connectivity index (χ3n) is 2.76. The van der Waals surface area contributed by atoms with Crippen LogP contribution in [0.3, 0.4) is 0 Å². The number of rotatable bonds is 4.